The lowest BCUT2D eigenvalue weighted by molar-refractivity contribution is -0.149. The summed E-state index contributed by atoms with van der Waals surface area (Å²) >= 11 is 0. The third-order valence-electron chi connectivity index (χ3n) is 4.55. The first-order valence-electron chi connectivity index (χ1n) is 9.68. The first-order chi connectivity index (χ1) is 13.1. The number of esters is 2. The van der Waals surface area contributed by atoms with E-state index in [4.69, 9.17) is 9.57 Å². The minimum Gasteiger partial charge on any atom is -0.469 e. The quantitative estimate of drug-likeness (QED) is 0.301. The van der Waals surface area contributed by atoms with Gasteiger partial charge in [0.05, 0.1) is 26.7 Å². The number of hydrogen-bond donors (Lipinski definition) is 1. The zero-order chi connectivity index (χ0) is 19.9. The Kier molecular flexibility index (Phi) is 12.1. The number of rotatable bonds is 14. The van der Waals surface area contributed by atoms with Crippen LogP contribution in [0.5, 0.6) is 0 Å². The first-order valence-corrected chi connectivity index (χ1v) is 9.68. The summed E-state index contributed by atoms with van der Waals surface area (Å²) in [5.41, 5.74) is 4.13. The van der Waals surface area contributed by atoms with Gasteiger partial charge in [-0.25, -0.2) is 0 Å². The van der Waals surface area contributed by atoms with Gasteiger partial charge in [0.1, 0.15) is 0 Å². The molecule has 0 aromatic heterocycles. The van der Waals surface area contributed by atoms with Gasteiger partial charge in [-0.3, -0.25) is 14.4 Å². The van der Waals surface area contributed by atoms with Crippen molar-refractivity contribution in [2.45, 2.75) is 64.5 Å². The molecule has 0 radical (unpaired) electrons. The van der Waals surface area contributed by atoms with Crippen LogP contribution in [0.25, 0.3) is 0 Å². The number of ether oxygens (including phenoxy) is 2. The lowest BCUT2D eigenvalue weighted by atomic mass is 9.90. The summed E-state index contributed by atoms with van der Waals surface area (Å²) in [4.78, 5) is 29.3. The fourth-order valence-corrected chi connectivity index (χ4v) is 2.94. The third kappa shape index (κ3) is 9.54. The highest BCUT2D eigenvalue weighted by atomic mass is 16.6. The van der Waals surface area contributed by atoms with E-state index in [1.165, 1.54) is 14.2 Å². The smallest absolute Gasteiger partial charge is 0.310 e. The van der Waals surface area contributed by atoms with Gasteiger partial charge in [0.25, 0.3) is 0 Å². The lowest BCUT2D eigenvalue weighted by Crippen LogP contribution is -2.40. The van der Waals surface area contributed by atoms with E-state index < -0.39 is 0 Å². The van der Waals surface area contributed by atoms with Crippen molar-refractivity contribution in [2.75, 3.05) is 14.2 Å². The molecule has 6 nitrogen and oxygen atoms in total. The molecule has 152 valence electrons. The van der Waals surface area contributed by atoms with E-state index in [9.17, 15) is 9.59 Å². The van der Waals surface area contributed by atoms with Crippen LogP contribution in [0.1, 0.15) is 57.4 Å². The third-order valence-corrected chi connectivity index (χ3v) is 4.55. The van der Waals surface area contributed by atoms with E-state index in [-0.39, 0.29) is 23.9 Å². The average molecular weight is 379 g/mol. The fourth-order valence-electron chi connectivity index (χ4n) is 2.94. The van der Waals surface area contributed by atoms with Crippen LogP contribution in [0.3, 0.4) is 0 Å². The highest BCUT2D eigenvalue weighted by molar-refractivity contribution is 5.73. The van der Waals surface area contributed by atoms with E-state index in [1.54, 1.807) is 0 Å². The highest BCUT2D eigenvalue weighted by Crippen LogP contribution is 2.20. The number of nitrogens with one attached hydrogen (secondary N) is 1. The number of benzene rings is 1. The molecule has 6 heteroatoms. The summed E-state index contributed by atoms with van der Waals surface area (Å²) in [5.74, 6) is -0.712. The molecule has 27 heavy (non-hydrogen) atoms. The zero-order valence-electron chi connectivity index (χ0n) is 16.7. The Balaban J connectivity index is 2.63. The molecule has 2 unspecified atom stereocenters. The van der Waals surface area contributed by atoms with Gasteiger partial charge in [-0.1, -0.05) is 56.5 Å². The molecular formula is C21H33NO5. The Morgan fingerprint density at radius 2 is 1.74 bits per heavy atom. The molecule has 1 aromatic rings. The normalized spacial score (nSPS) is 13.0. The predicted molar refractivity (Wildman–Crippen MR) is 104 cm³/mol. The predicted octanol–water partition coefficient (Wildman–Crippen LogP) is 3.79. The second-order valence-electron chi connectivity index (χ2n) is 6.59. The monoisotopic (exact) mass is 379 g/mol. The van der Waals surface area contributed by atoms with Crippen LogP contribution in [0, 0.1) is 5.92 Å². The summed E-state index contributed by atoms with van der Waals surface area (Å²) < 4.78 is 9.68. The van der Waals surface area contributed by atoms with Crippen LogP contribution in [0.15, 0.2) is 30.3 Å². The number of hydrogen-bond acceptors (Lipinski definition) is 6. The molecule has 0 aliphatic heterocycles. The maximum Gasteiger partial charge on any atom is 0.310 e. The highest BCUT2D eigenvalue weighted by Gasteiger charge is 2.28. The molecule has 2 atom stereocenters. The van der Waals surface area contributed by atoms with E-state index in [2.05, 4.69) is 17.1 Å². The molecule has 1 aromatic carbocycles. The van der Waals surface area contributed by atoms with Crippen molar-refractivity contribution < 1.29 is 23.9 Å². The van der Waals surface area contributed by atoms with E-state index in [1.807, 2.05) is 30.3 Å². The van der Waals surface area contributed by atoms with Gasteiger partial charge in [0, 0.05) is 12.5 Å². The van der Waals surface area contributed by atoms with E-state index in [0.29, 0.717) is 19.4 Å². The molecule has 0 bridgehead atoms. The van der Waals surface area contributed by atoms with Crippen molar-refractivity contribution in [1.29, 1.82) is 0 Å². The van der Waals surface area contributed by atoms with E-state index in [0.717, 1.165) is 37.7 Å². The minimum atomic E-state index is -0.274. The minimum absolute atomic E-state index is 0.162. The zero-order valence-corrected chi connectivity index (χ0v) is 16.7. The van der Waals surface area contributed by atoms with Crippen molar-refractivity contribution in [3.05, 3.63) is 35.9 Å². The maximum atomic E-state index is 12.3. The second kappa shape index (κ2) is 14.2. The molecular weight excluding hydrogens is 346 g/mol. The molecule has 0 aliphatic carbocycles. The Bertz CT molecular complexity index is 535. The summed E-state index contributed by atoms with van der Waals surface area (Å²) in [5, 5.41) is 0. The van der Waals surface area contributed by atoms with Crippen LogP contribution >= 0.6 is 0 Å². The van der Waals surface area contributed by atoms with Gasteiger partial charge in [-0.05, 0) is 24.8 Å². The molecule has 0 saturated heterocycles. The van der Waals surface area contributed by atoms with Crippen molar-refractivity contribution in [3.8, 4) is 0 Å². The Labute approximate surface area is 162 Å². The summed E-state index contributed by atoms with van der Waals surface area (Å²) in [6.45, 7) is 2.51. The Morgan fingerprint density at radius 1 is 1.00 bits per heavy atom. The lowest BCUT2D eigenvalue weighted by Gasteiger charge is -2.26. The van der Waals surface area contributed by atoms with Gasteiger partial charge in [0.2, 0.25) is 0 Å². The molecule has 0 amide bonds. The van der Waals surface area contributed by atoms with Crippen molar-refractivity contribution >= 4 is 11.9 Å². The van der Waals surface area contributed by atoms with Crippen LogP contribution in [-0.2, 0) is 30.5 Å². The molecule has 0 saturated carbocycles. The number of hydroxylamine groups is 1. The first kappa shape index (κ1) is 23.1. The SMILES string of the molecule is CCCCC(C(=O)OC)C(CCCCC(=O)OC)NOCc1ccccc1. The summed E-state index contributed by atoms with van der Waals surface area (Å²) in [7, 11) is 2.81. The number of carbonyl (C=O) groups is 2. The van der Waals surface area contributed by atoms with Gasteiger partial charge < -0.3 is 9.47 Å². The van der Waals surface area contributed by atoms with Gasteiger partial charge in [-0.15, -0.1) is 0 Å². The van der Waals surface area contributed by atoms with Gasteiger partial charge >= 0.3 is 11.9 Å². The van der Waals surface area contributed by atoms with Crippen molar-refractivity contribution in [1.82, 2.24) is 5.48 Å². The van der Waals surface area contributed by atoms with Gasteiger partial charge in [-0.2, -0.15) is 5.48 Å². The molecule has 1 rings (SSSR count). The molecule has 0 spiro atoms. The number of carbonyl (C=O) groups excluding carboxylic acids is 2. The Morgan fingerprint density at radius 3 is 2.37 bits per heavy atom. The van der Waals surface area contributed by atoms with Crippen LogP contribution < -0.4 is 5.48 Å². The number of unbranched alkanes of at least 4 members (excludes halogenated alkanes) is 2. The van der Waals surface area contributed by atoms with Crippen molar-refractivity contribution in [3.63, 3.8) is 0 Å². The van der Waals surface area contributed by atoms with Crippen LogP contribution in [0.2, 0.25) is 0 Å². The van der Waals surface area contributed by atoms with Crippen LogP contribution in [0.4, 0.5) is 0 Å². The molecule has 0 aliphatic rings. The average Bonchev–Trinajstić information content (AvgIpc) is 2.70. The Hall–Kier alpha value is -1.92. The van der Waals surface area contributed by atoms with Gasteiger partial charge in [0.15, 0.2) is 0 Å². The summed E-state index contributed by atoms with van der Waals surface area (Å²) in [6.07, 6.45) is 5.30. The standard InChI is InChI=1S/C21H33NO5/c1-4-5-13-18(21(24)26-3)19(14-9-10-15-20(23)25-2)22-27-16-17-11-7-6-8-12-17/h6-8,11-12,18-19,22H,4-5,9-10,13-16H2,1-3H3. The topological polar surface area (TPSA) is 73.9 Å². The van der Waals surface area contributed by atoms with E-state index >= 15 is 0 Å². The molecule has 1 N–H and O–H groups in total. The number of methoxy groups -OCH3 is 2. The second-order valence-corrected chi connectivity index (χ2v) is 6.59. The van der Waals surface area contributed by atoms with Crippen molar-refractivity contribution in [2.24, 2.45) is 5.92 Å². The molecule has 0 fully saturated rings. The summed E-state index contributed by atoms with van der Waals surface area (Å²) in [6, 6.07) is 9.69. The van der Waals surface area contributed by atoms with Crippen LogP contribution in [-0.4, -0.2) is 32.2 Å². The largest absolute Gasteiger partial charge is 0.469 e. The maximum absolute atomic E-state index is 12.3. The molecule has 0 heterocycles. The fraction of sp³-hybridized carbons (Fsp3) is 0.619.